The Labute approximate surface area is 209 Å². The minimum atomic E-state index is -1.50. The highest BCUT2D eigenvalue weighted by molar-refractivity contribution is 7.97. The van der Waals surface area contributed by atoms with Crippen LogP contribution in [-0.4, -0.2) is 43.2 Å². The normalized spacial score (nSPS) is 17.8. The fraction of sp³-hybridized carbons (Fsp3) is 0.308. The third kappa shape index (κ3) is 7.03. The zero-order chi connectivity index (χ0) is 24.8. The molecule has 184 valence electrons. The van der Waals surface area contributed by atoms with Gasteiger partial charge >= 0.3 is 0 Å². The van der Waals surface area contributed by atoms with E-state index in [4.69, 9.17) is 20.7 Å². The molecule has 2 atom stereocenters. The van der Waals surface area contributed by atoms with Gasteiger partial charge in [0.2, 0.25) is 0 Å². The zero-order valence-corrected chi connectivity index (χ0v) is 20.7. The Kier molecular flexibility index (Phi) is 8.04. The van der Waals surface area contributed by atoms with Gasteiger partial charge in [-0.05, 0) is 74.0 Å². The van der Waals surface area contributed by atoms with Crippen molar-refractivity contribution in [1.82, 2.24) is 19.3 Å². The van der Waals surface area contributed by atoms with Crippen LogP contribution < -0.4 is 10.5 Å². The van der Waals surface area contributed by atoms with Gasteiger partial charge in [0.15, 0.2) is 11.6 Å². The van der Waals surface area contributed by atoms with Crippen LogP contribution >= 0.6 is 11.9 Å². The van der Waals surface area contributed by atoms with E-state index in [0.29, 0.717) is 5.82 Å². The first kappa shape index (κ1) is 25.2. The third-order valence-corrected chi connectivity index (χ3v) is 6.19. The number of fused-ring (bicyclic) bond motifs is 1. The molecule has 1 aliphatic rings. The molecule has 1 aliphatic heterocycles. The quantitative estimate of drug-likeness (QED) is 0.233. The van der Waals surface area contributed by atoms with Crippen molar-refractivity contribution in [3.63, 3.8) is 0 Å². The summed E-state index contributed by atoms with van der Waals surface area (Å²) in [6.07, 6.45) is 3.66. The monoisotopic (exact) mass is 493 g/mol. The first-order valence-electron chi connectivity index (χ1n) is 11.5. The standard InChI is InChI=1S/C23H23N5OS.C3H8O2/c24-23-21-11-10-20(28(21)26-15-25-23)22-12-9-18(29-22)14-27-30-19-8-4-7-17(13-19)16-5-2-1-3-6-16;1-3(2,4)5/h1-8,10-11,13,15,18,22,27H,9,12,14H2,(H2,24,25,26);4-5H,1-2H3. The predicted molar refractivity (Wildman–Crippen MR) is 139 cm³/mol. The Balaban J connectivity index is 0.000000527. The molecule has 0 bridgehead atoms. The van der Waals surface area contributed by atoms with Gasteiger partial charge in [0.05, 0.1) is 11.8 Å². The molecule has 0 spiro atoms. The van der Waals surface area contributed by atoms with Crippen LogP contribution in [-0.2, 0) is 4.74 Å². The van der Waals surface area contributed by atoms with Crippen molar-refractivity contribution >= 4 is 23.3 Å². The summed E-state index contributed by atoms with van der Waals surface area (Å²) in [5.74, 6) is -1.01. The first-order valence-corrected chi connectivity index (χ1v) is 12.3. The zero-order valence-electron chi connectivity index (χ0n) is 19.8. The fourth-order valence-corrected chi connectivity index (χ4v) is 4.65. The molecule has 5 N–H and O–H groups in total. The molecular weight excluding hydrogens is 462 g/mol. The van der Waals surface area contributed by atoms with Crippen LogP contribution in [0.5, 0.6) is 0 Å². The van der Waals surface area contributed by atoms with Crippen molar-refractivity contribution in [1.29, 1.82) is 0 Å². The number of benzene rings is 2. The summed E-state index contributed by atoms with van der Waals surface area (Å²) in [6, 6.07) is 23.0. The highest BCUT2D eigenvalue weighted by Crippen LogP contribution is 2.34. The second-order valence-electron chi connectivity index (χ2n) is 8.86. The van der Waals surface area contributed by atoms with Crippen LogP contribution in [0.15, 0.2) is 78.0 Å². The smallest absolute Gasteiger partial charge is 0.156 e. The van der Waals surface area contributed by atoms with E-state index in [1.165, 1.54) is 36.2 Å². The van der Waals surface area contributed by atoms with Crippen LogP contribution in [0.2, 0.25) is 0 Å². The fourth-order valence-electron chi connectivity index (χ4n) is 3.88. The Morgan fingerprint density at radius 2 is 1.80 bits per heavy atom. The number of nitrogens with two attached hydrogens (primary N) is 1. The van der Waals surface area contributed by atoms with E-state index in [-0.39, 0.29) is 12.2 Å². The van der Waals surface area contributed by atoms with Gasteiger partial charge in [0.1, 0.15) is 17.9 Å². The second-order valence-corrected chi connectivity index (χ2v) is 9.83. The maximum atomic E-state index is 8.08. The SMILES string of the molecule is CC(C)(O)O.Nc1ncnn2c(C3CCC(CNSc4cccc(-c5ccccc5)c4)O3)ccc12. The van der Waals surface area contributed by atoms with Gasteiger partial charge in [-0.1, -0.05) is 42.5 Å². The number of anilines is 1. The molecule has 0 aliphatic carbocycles. The predicted octanol–water partition coefficient (Wildman–Crippen LogP) is 4.20. The Morgan fingerprint density at radius 3 is 2.57 bits per heavy atom. The number of aromatic nitrogens is 3. The van der Waals surface area contributed by atoms with Gasteiger partial charge in [-0.25, -0.2) is 9.50 Å². The number of rotatable bonds is 6. The van der Waals surface area contributed by atoms with Gasteiger partial charge in [-0.15, -0.1) is 0 Å². The van der Waals surface area contributed by atoms with Crippen molar-refractivity contribution in [2.45, 2.75) is 49.6 Å². The number of ether oxygens (including phenoxy) is 1. The van der Waals surface area contributed by atoms with Gasteiger partial charge in [0.25, 0.3) is 0 Å². The van der Waals surface area contributed by atoms with Crippen molar-refractivity contribution in [3.8, 4) is 11.1 Å². The number of hydrogen-bond acceptors (Lipinski definition) is 8. The lowest BCUT2D eigenvalue weighted by atomic mass is 10.1. The van der Waals surface area contributed by atoms with Crippen LogP contribution in [0.1, 0.15) is 38.5 Å². The number of nitrogens with zero attached hydrogens (tertiary/aromatic N) is 3. The minimum Gasteiger partial charge on any atom is -0.382 e. The number of hydrogen-bond donors (Lipinski definition) is 4. The Bertz CT molecular complexity index is 1240. The van der Waals surface area contributed by atoms with Crippen LogP contribution in [0.25, 0.3) is 16.6 Å². The molecule has 8 nitrogen and oxygen atoms in total. The van der Waals surface area contributed by atoms with E-state index in [0.717, 1.165) is 30.6 Å². The summed E-state index contributed by atoms with van der Waals surface area (Å²) in [5.41, 5.74) is 10.2. The summed E-state index contributed by atoms with van der Waals surface area (Å²) in [6.45, 7) is 3.39. The van der Waals surface area contributed by atoms with Crippen LogP contribution in [0.3, 0.4) is 0 Å². The number of aliphatic hydroxyl groups is 2. The molecule has 35 heavy (non-hydrogen) atoms. The maximum absolute atomic E-state index is 8.08. The van der Waals surface area contributed by atoms with Gasteiger partial charge in [0, 0.05) is 11.4 Å². The lowest BCUT2D eigenvalue weighted by Crippen LogP contribution is -2.21. The molecule has 0 saturated carbocycles. The molecule has 0 amide bonds. The van der Waals surface area contributed by atoms with E-state index in [1.807, 2.05) is 22.7 Å². The largest absolute Gasteiger partial charge is 0.382 e. The summed E-state index contributed by atoms with van der Waals surface area (Å²) >= 11 is 1.65. The van der Waals surface area contributed by atoms with E-state index in [2.05, 4.69) is 63.3 Å². The highest BCUT2D eigenvalue weighted by atomic mass is 32.2. The lowest BCUT2D eigenvalue weighted by Gasteiger charge is -2.14. The molecule has 1 fully saturated rings. The maximum Gasteiger partial charge on any atom is 0.156 e. The third-order valence-electron chi connectivity index (χ3n) is 5.39. The molecule has 0 radical (unpaired) electrons. The van der Waals surface area contributed by atoms with Crippen molar-refractivity contribution in [2.24, 2.45) is 0 Å². The van der Waals surface area contributed by atoms with Gasteiger partial charge < -0.3 is 20.7 Å². The molecule has 9 heteroatoms. The summed E-state index contributed by atoms with van der Waals surface area (Å²) < 4.78 is 11.6. The Morgan fingerprint density at radius 1 is 1.06 bits per heavy atom. The second kappa shape index (κ2) is 11.2. The average molecular weight is 494 g/mol. The van der Waals surface area contributed by atoms with E-state index in [9.17, 15) is 0 Å². The molecule has 1 saturated heterocycles. The van der Waals surface area contributed by atoms with Crippen molar-refractivity contribution < 1.29 is 14.9 Å². The number of nitrogens with one attached hydrogen (secondary N) is 1. The molecule has 4 aromatic rings. The van der Waals surface area contributed by atoms with Crippen LogP contribution in [0.4, 0.5) is 5.82 Å². The molecular formula is C26H31N5O3S. The highest BCUT2D eigenvalue weighted by Gasteiger charge is 2.28. The lowest BCUT2D eigenvalue weighted by molar-refractivity contribution is -0.127. The number of nitrogen functional groups attached to an aromatic ring is 1. The molecule has 2 aromatic heterocycles. The van der Waals surface area contributed by atoms with Gasteiger partial charge in [-0.2, -0.15) is 5.10 Å². The average Bonchev–Trinajstić information content (AvgIpc) is 3.47. The van der Waals surface area contributed by atoms with E-state index >= 15 is 0 Å². The molecule has 2 aromatic carbocycles. The summed E-state index contributed by atoms with van der Waals surface area (Å²) in [5, 5.41) is 20.5. The Hall–Kier alpha value is -2.95. The van der Waals surface area contributed by atoms with Crippen molar-refractivity contribution in [2.75, 3.05) is 12.3 Å². The van der Waals surface area contributed by atoms with E-state index < -0.39 is 5.79 Å². The van der Waals surface area contributed by atoms with Crippen molar-refractivity contribution in [3.05, 3.63) is 78.8 Å². The first-order chi connectivity index (χ1) is 16.8. The molecule has 3 heterocycles. The summed E-state index contributed by atoms with van der Waals surface area (Å²) in [7, 11) is 0. The summed E-state index contributed by atoms with van der Waals surface area (Å²) in [4.78, 5) is 5.24. The molecule has 5 rings (SSSR count). The topological polar surface area (TPSA) is 118 Å². The van der Waals surface area contributed by atoms with E-state index in [1.54, 1.807) is 11.9 Å². The minimum absolute atomic E-state index is 0.0278. The molecule has 2 unspecified atom stereocenters. The van der Waals surface area contributed by atoms with Crippen LogP contribution in [0, 0.1) is 0 Å². The van der Waals surface area contributed by atoms with Gasteiger partial charge in [-0.3, -0.25) is 4.72 Å².